The maximum Gasteiger partial charge on any atom is 0.408 e. The number of nitrogens with zero attached hydrogens (tertiary/aromatic N) is 4. The maximum absolute atomic E-state index is 13.4. The van der Waals surface area contributed by atoms with Crippen LogP contribution in [-0.2, 0) is 19.6 Å². The van der Waals surface area contributed by atoms with E-state index in [2.05, 4.69) is 20.1 Å². The molecule has 1 saturated carbocycles. The van der Waals surface area contributed by atoms with E-state index >= 15 is 0 Å². The number of piperazine rings is 1. The number of ether oxygens (including phenoxy) is 1. The summed E-state index contributed by atoms with van der Waals surface area (Å²) in [5, 5.41) is 7.53. The summed E-state index contributed by atoms with van der Waals surface area (Å²) >= 11 is 0. The Morgan fingerprint density at radius 1 is 1.05 bits per heavy atom. The second-order valence-corrected chi connectivity index (χ2v) is 13.6. The standard InChI is InChI=1S/C26H38N6O6S/c1-25(2,3)37-24(34)27-17-21(33)31-13-11-30(12-14-31)20-16-18(39(35,36)29-26(4)7-8-26)15-19-22(20)38-28-23(19)32-9-5-6-10-32/h15-16,29H,5-14,17H2,1-4H3,(H,27,34). The molecule has 13 heteroatoms. The van der Waals surface area contributed by atoms with E-state index in [1.807, 2.05) is 11.8 Å². The van der Waals surface area contributed by atoms with E-state index in [0.29, 0.717) is 48.7 Å². The molecule has 3 heterocycles. The number of hydrogen-bond donors (Lipinski definition) is 2. The molecule has 0 unspecified atom stereocenters. The van der Waals surface area contributed by atoms with E-state index in [1.54, 1.807) is 37.8 Å². The first-order valence-electron chi connectivity index (χ1n) is 13.6. The molecule has 0 spiro atoms. The highest BCUT2D eigenvalue weighted by atomic mass is 32.2. The molecule has 12 nitrogen and oxygen atoms in total. The highest BCUT2D eigenvalue weighted by Crippen LogP contribution is 2.40. The van der Waals surface area contributed by atoms with Gasteiger partial charge in [0.1, 0.15) is 12.1 Å². The van der Waals surface area contributed by atoms with Crippen LogP contribution in [0.4, 0.5) is 16.3 Å². The number of alkyl carbamates (subject to hydrolysis) is 1. The van der Waals surface area contributed by atoms with Gasteiger partial charge in [-0.2, -0.15) is 0 Å². The Bertz CT molecular complexity index is 1350. The third kappa shape index (κ3) is 6.24. The van der Waals surface area contributed by atoms with Gasteiger partial charge in [-0.15, -0.1) is 0 Å². The normalized spacial score (nSPS) is 19.4. The molecule has 214 valence electrons. The molecule has 1 aliphatic carbocycles. The van der Waals surface area contributed by atoms with Crippen LogP contribution in [0.1, 0.15) is 53.4 Å². The summed E-state index contributed by atoms with van der Waals surface area (Å²) in [6.07, 6.45) is 3.09. The summed E-state index contributed by atoms with van der Waals surface area (Å²) in [7, 11) is -3.76. The number of carbonyl (C=O) groups is 2. The van der Waals surface area contributed by atoms with Crippen molar-refractivity contribution in [2.45, 2.75) is 69.4 Å². The number of fused-ring (bicyclic) bond motifs is 1. The number of anilines is 2. The van der Waals surface area contributed by atoms with Crippen molar-refractivity contribution < 1.29 is 27.3 Å². The van der Waals surface area contributed by atoms with Gasteiger partial charge in [0.25, 0.3) is 0 Å². The highest BCUT2D eigenvalue weighted by Gasteiger charge is 2.41. The molecule has 3 fully saturated rings. The molecule has 3 aliphatic rings. The van der Waals surface area contributed by atoms with Crippen molar-refractivity contribution in [2.75, 3.05) is 55.6 Å². The molecule has 1 aromatic heterocycles. The average molecular weight is 563 g/mol. The van der Waals surface area contributed by atoms with E-state index in [9.17, 15) is 18.0 Å². The molecular weight excluding hydrogens is 524 g/mol. The van der Waals surface area contributed by atoms with Crippen molar-refractivity contribution in [1.82, 2.24) is 20.1 Å². The molecular formula is C26H38N6O6S. The monoisotopic (exact) mass is 562 g/mol. The molecule has 2 aromatic rings. The summed E-state index contributed by atoms with van der Waals surface area (Å²) in [6, 6.07) is 3.32. The van der Waals surface area contributed by atoms with Gasteiger partial charge in [0.05, 0.1) is 16.0 Å². The Kier molecular flexibility index (Phi) is 7.17. The van der Waals surface area contributed by atoms with Crippen LogP contribution in [0, 0.1) is 0 Å². The summed E-state index contributed by atoms with van der Waals surface area (Å²) in [6.45, 7) is 10.5. The molecule has 5 rings (SSSR count). The molecule has 0 atom stereocenters. The number of benzene rings is 1. The molecule has 1 aromatic carbocycles. The third-order valence-electron chi connectivity index (χ3n) is 7.36. The van der Waals surface area contributed by atoms with Crippen LogP contribution >= 0.6 is 0 Å². The summed E-state index contributed by atoms with van der Waals surface area (Å²) in [5.41, 5.74) is 0.137. The second kappa shape index (κ2) is 10.2. The predicted octanol–water partition coefficient (Wildman–Crippen LogP) is 2.43. The predicted molar refractivity (Wildman–Crippen MR) is 146 cm³/mol. The maximum atomic E-state index is 13.4. The first-order chi connectivity index (χ1) is 18.3. The number of sulfonamides is 1. The lowest BCUT2D eigenvalue weighted by Crippen LogP contribution is -2.51. The summed E-state index contributed by atoms with van der Waals surface area (Å²) < 4.78 is 40.6. The Morgan fingerprint density at radius 3 is 2.33 bits per heavy atom. The van der Waals surface area contributed by atoms with Gasteiger partial charge < -0.3 is 29.3 Å². The van der Waals surface area contributed by atoms with Crippen LogP contribution in [0.5, 0.6) is 0 Å². The molecule has 2 N–H and O–H groups in total. The van der Waals surface area contributed by atoms with Gasteiger partial charge in [-0.25, -0.2) is 17.9 Å². The number of amides is 2. The Hall–Kier alpha value is -3.06. The van der Waals surface area contributed by atoms with Crippen LogP contribution in [0.3, 0.4) is 0 Å². The topological polar surface area (TPSA) is 137 Å². The molecule has 2 aliphatic heterocycles. The zero-order valence-corrected chi connectivity index (χ0v) is 23.9. The smallest absolute Gasteiger partial charge is 0.408 e. The second-order valence-electron chi connectivity index (χ2n) is 11.9. The van der Waals surface area contributed by atoms with Crippen molar-refractivity contribution in [2.24, 2.45) is 0 Å². The molecule has 0 bridgehead atoms. The lowest BCUT2D eigenvalue weighted by atomic mass is 10.1. The van der Waals surface area contributed by atoms with Gasteiger partial charge in [-0.05, 0) is 65.5 Å². The van der Waals surface area contributed by atoms with Gasteiger partial charge in [0.2, 0.25) is 15.9 Å². The molecule has 0 radical (unpaired) electrons. The fourth-order valence-electron chi connectivity index (χ4n) is 4.98. The average Bonchev–Trinajstić information content (AvgIpc) is 3.25. The minimum absolute atomic E-state index is 0.154. The van der Waals surface area contributed by atoms with Crippen molar-refractivity contribution in [1.29, 1.82) is 0 Å². The van der Waals surface area contributed by atoms with E-state index in [1.165, 1.54) is 0 Å². The Morgan fingerprint density at radius 2 is 1.72 bits per heavy atom. The van der Waals surface area contributed by atoms with Crippen molar-refractivity contribution in [3.05, 3.63) is 12.1 Å². The zero-order chi connectivity index (χ0) is 28.0. The molecule has 2 saturated heterocycles. The first-order valence-corrected chi connectivity index (χ1v) is 15.0. The van der Waals surface area contributed by atoms with Crippen molar-refractivity contribution >= 4 is 44.5 Å². The number of carbonyl (C=O) groups excluding carboxylic acids is 2. The van der Waals surface area contributed by atoms with Gasteiger partial charge in [-0.1, -0.05) is 5.16 Å². The number of hydrogen-bond acceptors (Lipinski definition) is 9. The van der Waals surface area contributed by atoms with Crippen LogP contribution in [-0.4, -0.2) is 87.4 Å². The Balaban J connectivity index is 1.35. The van der Waals surface area contributed by atoms with Crippen LogP contribution in [0.25, 0.3) is 11.0 Å². The SMILES string of the molecule is CC1(NS(=O)(=O)c2cc(N3CCN(C(=O)CNC(=O)OC(C)(C)C)CC3)c3onc(N4CCCC4)c3c2)CC1. The first kappa shape index (κ1) is 27.5. The van der Waals surface area contributed by atoms with Crippen molar-refractivity contribution in [3.8, 4) is 0 Å². The molecule has 2 amide bonds. The largest absolute Gasteiger partial charge is 0.444 e. The van der Waals surface area contributed by atoms with Gasteiger partial charge in [-0.3, -0.25) is 4.79 Å². The van der Waals surface area contributed by atoms with Gasteiger partial charge in [0, 0.05) is 44.8 Å². The van der Waals surface area contributed by atoms with Crippen LogP contribution < -0.4 is 19.8 Å². The van der Waals surface area contributed by atoms with E-state index in [-0.39, 0.29) is 17.3 Å². The minimum atomic E-state index is -3.76. The lowest BCUT2D eigenvalue weighted by Gasteiger charge is -2.36. The number of nitrogens with one attached hydrogen (secondary N) is 2. The van der Waals surface area contributed by atoms with E-state index in [0.717, 1.165) is 38.8 Å². The Labute approximate surface area is 229 Å². The van der Waals surface area contributed by atoms with Crippen LogP contribution in [0.2, 0.25) is 0 Å². The minimum Gasteiger partial charge on any atom is -0.444 e. The summed E-state index contributed by atoms with van der Waals surface area (Å²) in [4.78, 5) is 30.7. The number of rotatable bonds is 7. The highest BCUT2D eigenvalue weighted by molar-refractivity contribution is 7.89. The van der Waals surface area contributed by atoms with Crippen molar-refractivity contribution in [3.63, 3.8) is 0 Å². The van der Waals surface area contributed by atoms with Gasteiger partial charge >= 0.3 is 6.09 Å². The quantitative estimate of drug-likeness (QED) is 0.521. The molecule has 39 heavy (non-hydrogen) atoms. The lowest BCUT2D eigenvalue weighted by molar-refractivity contribution is -0.130. The van der Waals surface area contributed by atoms with Gasteiger partial charge in [0.15, 0.2) is 11.4 Å². The fourth-order valence-corrected chi connectivity index (χ4v) is 6.49. The number of aromatic nitrogens is 1. The zero-order valence-electron chi connectivity index (χ0n) is 23.1. The van der Waals surface area contributed by atoms with E-state index < -0.39 is 27.3 Å². The fraction of sp³-hybridized carbons (Fsp3) is 0.654. The third-order valence-corrected chi connectivity index (χ3v) is 8.98. The summed E-state index contributed by atoms with van der Waals surface area (Å²) in [5.74, 6) is 0.459. The van der Waals surface area contributed by atoms with E-state index in [4.69, 9.17) is 9.26 Å². The van der Waals surface area contributed by atoms with Crippen LogP contribution in [0.15, 0.2) is 21.6 Å².